The van der Waals surface area contributed by atoms with E-state index in [1.165, 1.54) is 0 Å². The molecule has 1 heterocycles. The molecule has 1 fully saturated rings. The summed E-state index contributed by atoms with van der Waals surface area (Å²) < 4.78 is 10.9. The second-order valence-electron chi connectivity index (χ2n) is 3.79. The van der Waals surface area contributed by atoms with Crippen molar-refractivity contribution in [1.82, 2.24) is 10.1 Å². The number of hydrogen-bond acceptors (Lipinski definition) is 4. The van der Waals surface area contributed by atoms with Gasteiger partial charge in [0.2, 0.25) is 11.7 Å². The van der Waals surface area contributed by atoms with Crippen molar-refractivity contribution in [2.75, 3.05) is 6.61 Å². The number of aromatic nitrogens is 2. The van der Waals surface area contributed by atoms with Gasteiger partial charge in [-0.05, 0) is 38.7 Å². The van der Waals surface area contributed by atoms with Crippen LogP contribution < -0.4 is 0 Å². The molecule has 4 heteroatoms. The van der Waals surface area contributed by atoms with Gasteiger partial charge >= 0.3 is 0 Å². The Bertz CT molecular complexity index is 340. The van der Waals surface area contributed by atoms with Crippen molar-refractivity contribution in [2.45, 2.75) is 38.2 Å². The molecule has 1 aliphatic carbocycles. The zero-order valence-corrected chi connectivity index (χ0v) is 9.03. The second-order valence-corrected chi connectivity index (χ2v) is 3.79. The molecule has 0 atom stereocenters. The molecule has 0 saturated heterocycles. The van der Waals surface area contributed by atoms with E-state index < -0.39 is 0 Å². The van der Waals surface area contributed by atoms with Crippen molar-refractivity contribution in [1.29, 1.82) is 0 Å². The zero-order chi connectivity index (χ0) is 10.7. The molecule has 1 aromatic heterocycles. The van der Waals surface area contributed by atoms with E-state index in [9.17, 15) is 0 Å². The SMILES string of the molecule is C=Cc1nc(C2(OCC)CCCC2)no1. The monoisotopic (exact) mass is 208 g/mol. The van der Waals surface area contributed by atoms with Gasteiger partial charge in [-0.1, -0.05) is 11.7 Å². The average Bonchev–Trinajstić information content (AvgIpc) is 2.85. The third-order valence-electron chi connectivity index (χ3n) is 2.86. The summed E-state index contributed by atoms with van der Waals surface area (Å²) in [6, 6.07) is 0. The van der Waals surface area contributed by atoms with Crippen molar-refractivity contribution in [3.8, 4) is 0 Å². The van der Waals surface area contributed by atoms with Crippen LogP contribution in [0.1, 0.15) is 44.3 Å². The van der Waals surface area contributed by atoms with Crippen LogP contribution >= 0.6 is 0 Å². The first-order valence-electron chi connectivity index (χ1n) is 5.41. The third kappa shape index (κ3) is 1.81. The van der Waals surface area contributed by atoms with Gasteiger partial charge in [-0.25, -0.2) is 0 Å². The van der Waals surface area contributed by atoms with Crippen LogP contribution in [-0.4, -0.2) is 16.7 Å². The smallest absolute Gasteiger partial charge is 0.250 e. The summed E-state index contributed by atoms with van der Waals surface area (Å²) in [7, 11) is 0. The molecule has 1 aliphatic rings. The molecule has 1 aromatic rings. The summed E-state index contributed by atoms with van der Waals surface area (Å²) in [4.78, 5) is 4.28. The molecule has 0 aliphatic heterocycles. The average molecular weight is 208 g/mol. The van der Waals surface area contributed by atoms with Crippen LogP contribution in [-0.2, 0) is 10.3 Å². The molecule has 0 amide bonds. The van der Waals surface area contributed by atoms with Crippen molar-refractivity contribution < 1.29 is 9.26 Å². The maximum atomic E-state index is 5.82. The first-order chi connectivity index (χ1) is 7.30. The fourth-order valence-corrected chi connectivity index (χ4v) is 2.16. The Morgan fingerprint density at radius 2 is 2.27 bits per heavy atom. The van der Waals surface area contributed by atoms with E-state index in [4.69, 9.17) is 9.26 Å². The van der Waals surface area contributed by atoms with Crippen LogP contribution in [0.25, 0.3) is 6.08 Å². The van der Waals surface area contributed by atoms with E-state index in [0.717, 1.165) is 25.7 Å². The van der Waals surface area contributed by atoms with Crippen LogP contribution in [0.15, 0.2) is 11.1 Å². The van der Waals surface area contributed by atoms with E-state index in [-0.39, 0.29) is 5.60 Å². The molecule has 0 aromatic carbocycles. The number of ether oxygens (including phenoxy) is 1. The first-order valence-corrected chi connectivity index (χ1v) is 5.41. The van der Waals surface area contributed by atoms with E-state index in [1.54, 1.807) is 6.08 Å². The molecule has 0 radical (unpaired) electrons. The maximum absolute atomic E-state index is 5.82. The van der Waals surface area contributed by atoms with E-state index in [1.807, 2.05) is 6.92 Å². The Kier molecular flexibility index (Phi) is 2.86. The highest BCUT2D eigenvalue weighted by Crippen LogP contribution is 2.40. The van der Waals surface area contributed by atoms with Gasteiger partial charge in [-0.2, -0.15) is 4.98 Å². The van der Waals surface area contributed by atoms with Crippen molar-refractivity contribution in [3.63, 3.8) is 0 Å². The molecule has 0 bridgehead atoms. The molecule has 2 rings (SSSR count). The second kappa shape index (κ2) is 4.14. The Hall–Kier alpha value is -1.16. The van der Waals surface area contributed by atoms with Gasteiger partial charge in [0.1, 0.15) is 5.60 Å². The minimum atomic E-state index is -0.306. The van der Waals surface area contributed by atoms with Crippen molar-refractivity contribution in [2.24, 2.45) is 0 Å². The van der Waals surface area contributed by atoms with Crippen LogP contribution in [0.4, 0.5) is 0 Å². The lowest BCUT2D eigenvalue weighted by Gasteiger charge is -2.24. The molecular weight excluding hydrogens is 192 g/mol. The van der Waals surface area contributed by atoms with Crippen molar-refractivity contribution in [3.05, 3.63) is 18.3 Å². The van der Waals surface area contributed by atoms with Gasteiger partial charge in [0.05, 0.1) is 0 Å². The standard InChI is InChI=1S/C11H16N2O2/c1-3-9-12-10(13-15-9)11(14-4-2)7-5-6-8-11/h3H,1,4-8H2,2H3. The van der Waals surface area contributed by atoms with E-state index >= 15 is 0 Å². The summed E-state index contributed by atoms with van der Waals surface area (Å²) in [5, 5.41) is 3.98. The Morgan fingerprint density at radius 1 is 1.53 bits per heavy atom. The topological polar surface area (TPSA) is 48.2 Å². The highest BCUT2D eigenvalue weighted by atomic mass is 16.5. The lowest BCUT2D eigenvalue weighted by Crippen LogP contribution is -2.27. The predicted molar refractivity (Wildman–Crippen MR) is 56.2 cm³/mol. The zero-order valence-electron chi connectivity index (χ0n) is 9.03. The molecule has 4 nitrogen and oxygen atoms in total. The maximum Gasteiger partial charge on any atom is 0.250 e. The van der Waals surface area contributed by atoms with Crippen LogP contribution in [0.2, 0.25) is 0 Å². The van der Waals surface area contributed by atoms with Crippen molar-refractivity contribution >= 4 is 6.08 Å². The fourth-order valence-electron chi connectivity index (χ4n) is 2.16. The summed E-state index contributed by atoms with van der Waals surface area (Å²) in [6.07, 6.45) is 5.86. The summed E-state index contributed by atoms with van der Waals surface area (Å²) in [6.45, 7) is 6.28. The Labute approximate surface area is 89.3 Å². The number of hydrogen-bond donors (Lipinski definition) is 0. The van der Waals surface area contributed by atoms with Gasteiger partial charge in [0, 0.05) is 6.61 Å². The van der Waals surface area contributed by atoms with Crippen LogP contribution in [0.5, 0.6) is 0 Å². The minimum Gasteiger partial charge on any atom is -0.367 e. The molecule has 0 N–H and O–H groups in total. The first kappa shape index (κ1) is 10.4. The van der Waals surface area contributed by atoms with E-state index in [2.05, 4.69) is 16.7 Å². The summed E-state index contributed by atoms with van der Waals surface area (Å²) in [5.41, 5.74) is -0.306. The van der Waals surface area contributed by atoms with Gasteiger partial charge in [-0.3, -0.25) is 0 Å². The quantitative estimate of drug-likeness (QED) is 0.762. The molecule has 1 saturated carbocycles. The largest absolute Gasteiger partial charge is 0.367 e. The highest BCUT2D eigenvalue weighted by Gasteiger charge is 2.40. The molecular formula is C11H16N2O2. The lowest BCUT2D eigenvalue weighted by molar-refractivity contribution is -0.0469. The molecule has 15 heavy (non-hydrogen) atoms. The van der Waals surface area contributed by atoms with E-state index in [0.29, 0.717) is 18.3 Å². The predicted octanol–water partition coefficient (Wildman–Crippen LogP) is 2.52. The van der Waals surface area contributed by atoms with Gasteiger partial charge < -0.3 is 9.26 Å². The fraction of sp³-hybridized carbons (Fsp3) is 0.636. The number of rotatable bonds is 4. The lowest BCUT2D eigenvalue weighted by atomic mass is 10.0. The third-order valence-corrected chi connectivity index (χ3v) is 2.86. The van der Waals surface area contributed by atoms with Gasteiger partial charge in [0.25, 0.3) is 0 Å². The minimum absolute atomic E-state index is 0.306. The molecule has 0 spiro atoms. The highest BCUT2D eigenvalue weighted by molar-refractivity contribution is 5.33. The normalized spacial score (nSPS) is 19.3. The Morgan fingerprint density at radius 3 is 2.80 bits per heavy atom. The number of nitrogens with zero attached hydrogens (tertiary/aromatic N) is 2. The molecule has 0 unspecified atom stereocenters. The van der Waals surface area contributed by atoms with Crippen LogP contribution in [0, 0.1) is 0 Å². The van der Waals surface area contributed by atoms with Gasteiger partial charge in [-0.15, -0.1) is 0 Å². The molecule has 82 valence electrons. The van der Waals surface area contributed by atoms with Crippen LogP contribution in [0.3, 0.4) is 0 Å². The summed E-state index contributed by atoms with van der Waals surface area (Å²) >= 11 is 0. The Balaban J connectivity index is 2.27. The van der Waals surface area contributed by atoms with Gasteiger partial charge in [0.15, 0.2) is 0 Å². The summed E-state index contributed by atoms with van der Waals surface area (Å²) in [5.74, 6) is 1.15.